The van der Waals surface area contributed by atoms with Crippen LogP contribution in [0.5, 0.6) is 0 Å². The smallest absolute Gasteiger partial charge is 0.227 e. The summed E-state index contributed by atoms with van der Waals surface area (Å²) in [6.07, 6.45) is 5.74. The van der Waals surface area contributed by atoms with Gasteiger partial charge in [-0.3, -0.25) is 4.79 Å². The Balaban J connectivity index is 1.61. The van der Waals surface area contributed by atoms with Crippen LogP contribution < -0.4 is 5.32 Å². The molecule has 1 aromatic carbocycles. The van der Waals surface area contributed by atoms with E-state index in [1.807, 2.05) is 24.3 Å². The Morgan fingerprint density at radius 2 is 1.96 bits per heavy atom. The molecular weight excluding hydrogens is 302 g/mol. The first-order chi connectivity index (χ1) is 11.4. The first-order valence-corrected chi connectivity index (χ1v) is 8.58. The molecule has 0 radical (unpaired) electrons. The van der Waals surface area contributed by atoms with Crippen LogP contribution in [0.4, 0.5) is 5.69 Å². The predicted molar refractivity (Wildman–Crippen MR) is 92.7 cm³/mol. The zero-order valence-corrected chi connectivity index (χ0v) is 14.6. The fourth-order valence-electron chi connectivity index (χ4n) is 3.47. The Kier molecular flexibility index (Phi) is 4.64. The van der Waals surface area contributed by atoms with Crippen molar-refractivity contribution in [1.29, 1.82) is 0 Å². The van der Waals surface area contributed by atoms with E-state index in [4.69, 9.17) is 0 Å². The standard InChI is InChI=1S/C18H25N5O/c1-18(2,3)14-9-7-13(8-10-14)17(24)20-15-5-4-6-16(11-15)23-12-19-21-22-23/h4-6,11-14H,7-10H2,1-3H3,(H,20,24). The van der Waals surface area contributed by atoms with E-state index < -0.39 is 0 Å². The van der Waals surface area contributed by atoms with Gasteiger partial charge in [0.15, 0.2) is 0 Å². The molecule has 1 aliphatic rings. The maximum Gasteiger partial charge on any atom is 0.227 e. The van der Waals surface area contributed by atoms with Crippen LogP contribution in [0.25, 0.3) is 5.69 Å². The molecule has 0 atom stereocenters. The second-order valence-corrected chi connectivity index (χ2v) is 7.71. The van der Waals surface area contributed by atoms with Crippen LogP contribution in [0, 0.1) is 17.3 Å². The number of aromatic nitrogens is 4. The van der Waals surface area contributed by atoms with Crippen LogP contribution in [0.1, 0.15) is 46.5 Å². The van der Waals surface area contributed by atoms with Crippen molar-refractivity contribution in [3.05, 3.63) is 30.6 Å². The maximum atomic E-state index is 12.6. The van der Waals surface area contributed by atoms with Crippen molar-refractivity contribution in [1.82, 2.24) is 20.2 Å². The average molecular weight is 327 g/mol. The third-order valence-corrected chi connectivity index (χ3v) is 5.05. The van der Waals surface area contributed by atoms with Gasteiger partial charge in [-0.25, -0.2) is 4.68 Å². The van der Waals surface area contributed by atoms with Crippen LogP contribution >= 0.6 is 0 Å². The minimum Gasteiger partial charge on any atom is -0.326 e. The highest BCUT2D eigenvalue weighted by Gasteiger charge is 2.32. The molecule has 6 nitrogen and oxygen atoms in total. The molecule has 0 saturated heterocycles. The summed E-state index contributed by atoms with van der Waals surface area (Å²) in [5, 5.41) is 14.2. The quantitative estimate of drug-likeness (QED) is 0.937. The first-order valence-electron chi connectivity index (χ1n) is 8.58. The van der Waals surface area contributed by atoms with E-state index in [9.17, 15) is 4.79 Å². The molecule has 0 bridgehead atoms. The molecule has 1 saturated carbocycles. The second-order valence-electron chi connectivity index (χ2n) is 7.71. The molecule has 6 heteroatoms. The minimum absolute atomic E-state index is 0.111. The van der Waals surface area contributed by atoms with Gasteiger partial charge in [0.1, 0.15) is 6.33 Å². The average Bonchev–Trinajstić information content (AvgIpc) is 3.09. The van der Waals surface area contributed by atoms with E-state index in [-0.39, 0.29) is 11.8 Å². The molecule has 1 amide bonds. The van der Waals surface area contributed by atoms with Crippen LogP contribution in [-0.2, 0) is 4.79 Å². The summed E-state index contributed by atoms with van der Waals surface area (Å²) in [4.78, 5) is 12.6. The van der Waals surface area contributed by atoms with Crippen LogP contribution in [0.3, 0.4) is 0 Å². The van der Waals surface area contributed by atoms with Crippen molar-refractivity contribution in [2.75, 3.05) is 5.32 Å². The zero-order chi connectivity index (χ0) is 17.2. The number of benzene rings is 1. The Labute approximate surface area is 142 Å². The zero-order valence-electron chi connectivity index (χ0n) is 14.6. The van der Waals surface area contributed by atoms with E-state index in [0.29, 0.717) is 11.3 Å². The molecule has 3 rings (SSSR count). The molecule has 1 fully saturated rings. The fourth-order valence-corrected chi connectivity index (χ4v) is 3.47. The maximum absolute atomic E-state index is 12.6. The van der Waals surface area contributed by atoms with Crippen LogP contribution in [-0.4, -0.2) is 26.1 Å². The van der Waals surface area contributed by atoms with Gasteiger partial charge in [0.05, 0.1) is 5.69 Å². The van der Waals surface area contributed by atoms with Gasteiger partial charge in [-0.15, -0.1) is 5.10 Å². The summed E-state index contributed by atoms with van der Waals surface area (Å²) in [5.74, 6) is 0.946. The molecule has 128 valence electrons. The number of carbonyl (C=O) groups excluding carboxylic acids is 1. The number of carbonyl (C=O) groups is 1. The first kappa shape index (κ1) is 16.6. The van der Waals surface area contributed by atoms with Gasteiger partial charge in [-0.05, 0) is 65.6 Å². The predicted octanol–water partition coefficient (Wildman–Crippen LogP) is 3.45. The Bertz CT molecular complexity index is 682. The van der Waals surface area contributed by atoms with E-state index in [1.165, 1.54) is 6.33 Å². The largest absolute Gasteiger partial charge is 0.326 e. The molecule has 1 aromatic heterocycles. The lowest BCUT2D eigenvalue weighted by atomic mass is 9.69. The van der Waals surface area contributed by atoms with Gasteiger partial charge < -0.3 is 5.32 Å². The number of hydrogen-bond acceptors (Lipinski definition) is 4. The summed E-state index contributed by atoms with van der Waals surface area (Å²) in [7, 11) is 0. The van der Waals surface area contributed by atoms with Crippen molar-refractivity contribution in [2.45, 2.75) is 46.5 Å². The van der Waals surface area contributed by atoms with Crippen molar-refractivity contribution < 1.29 is 4.79 Å². The monoisotopic (exact) mass is 327 g/mol. The van der Waals surface area contributed by atoms with Crippen molar-refractivity contribution in [3.8, 4) is 5.69 Å². The molecule has 0 aliphatic heterocycles. The third kappa shape index (κ3) is 3.80. The van der Waals surface area contributed by atoms with E-state index in [0.717, 1.165) is 37.1 Å². The lowest BCUT2D eigenvalue weighted by Gasteiger charge is -2.36. The summed E-state index contributed by atoms with van der Waals surface area (Å²) < 4.78 is 1.57. The van der Waals surface area contributed by atoms with Crippen molar-refractivity contribution in [2.24, 2.45) is 17.3 Å². The molecular formula is C18H25N5O. The summed E-state index contributed by atoms with van der Waals surface area (Å²) in [6, 6.07) is 7.57. The lowest BCUT2D eigenvalue weighted by molar-refractivity contribution is -0.121. The molecule has 1 heterocycles. The molecule has 1 N–H and O–H groups in total. The highest BCUT2D eigenvalue weighted by molar-refractivity contribution is 5.92. The number of amides is 1. The number of hydrogen-bond donors (Lipinski definition) is 1. The molecule has 24 heavy (non-hydrogen) atoms. The number of nitrogens with one attached hydrogen (secondary N) is 1. The normalized spacial score (nSPS) is 21.5. The Morgan fingerprint density at radius 3 is 2.58 bits per heavy atom. The topological polar surface area (TPSA) is 72.7 Å². The second kappa shape index (κ2) is 6.71. The molecule has 1 aliphatic carbocycles. The van der Waals surface area contributed by atoms with Gasteiger partial charge in [0.25, 0.3) is 0 Å². The van der Waals surface area contributed by atoms with Crippen molar-refractivity contribution >= 4 is 11.6 Å². The third-order valence-electron chi connectivity index (χ3n) is 5.05. The van der Waals surface area contributed by atoms with E-state index in [1.54, 1.807) is 4.68 Å². The van der Waals surface area contributed by atoms with Crippen LogP contribution in [0.15, 0.2) is 30.6 Å². The SMILES string of the molecule is CC(C)(C)C1CCC(C(=O)Nc2cccc(-n3cnnn3)c2)CC1. The number of anilines is 1. The molecule has 0 unspecified atom stereocenters. The number of nitrogens with zero attached hydrogens (tertiary/aromatic N) is 4. The van der Waals surface area contributed by atoms with Gasteiger partial charge in [-0.2, -0.15) is 0 Å². The lowest BCUT2D eigenvalue weighted by Crippen LogP contribution is -2.31. The van der Waals surface area contributed by atoms with Gasteiger partial charge in [0.2, 0.25) is 5.91 Å². The van der Waals surface area contributed by atoms with Crippen LogP contribution in [0.2, 0.25) is 0 Å². The van der Waals surface area contributed by atoms with Crippen molar-refractivity contribution in [3.63, 3.8) is 0 Å². The summed E-state index contributed by atoms with van der Waals surface area (Å²) >= 11 is 0. The molecule has 2 aromatic rings. The fraction of sp³-hybridized carbons (Fsp3) is 0.556. The van der Waals surface area contributed by atoms with Gasteiger partial charge in [0, 0.05) is 11.6 Å². The number of rotatable bonds is 3. The highest BCUT2D eigenvalue weighted by Crippen LogP contribution is 2.40. The molecule has 0 spiro atoms. The van der Waals surface area contributed by atoms with E-state index in [2.05, 4.69) is 41.6 Å². The Morgan fingerprint density at radius 1 is 1.21 bits per heavy atom. The minimum atomic E-state index is 0.111. The summed E-state index contributed by atoms with van der Waals surface area (Å²) in [5.41, 5.74) is 1.95. The number of tetrazole rings is 1. The van der Waals surface area contributed by atoms with Gasteiger partial charge in [-0.1, -0.05) is 26.8 Å². The highest BCUT2D eigenvalue weighted by atomic mass is 16.1. The van der Waals surface area contributed by atoms with Gasteiger partial charge >= 0.3 is 0 Å². The van der Waals surface area contributed by atoms with E-state index >= 15 is 0 Å². The summed E-state index contributed by atoms with van der Waals surface area (Å²) in [6.45, 7) is 6.88. The Hall–Kier alpha value is -2.24.